The third-order valence-electron chi connectivity index (χ3n) is 3.76. The molecule has 0 atom stereocenters. The third kappa shape index (κ3) is 4.27. The van der Waals surface area contributed by atoms with Crippen molar-refractivity contribution >= 4 is 33.2 Å². The van der Waals surface area contributed by atoms with Crippen molar-refractivity contribution in [3.8, 4) is 0 Å². The van der Waals surface area contributed by atoms with E-state index >= 15 is 0 Å². The molecule has 0 amide bonds. The lowest BCUT2D eigenvalue weighted by Crippen LogP contribution is -2.04. The number of rotatable bonds is 5. The Morgan fingerprint density at radius 3 is 2.28 bits per heavy atom. The summed E-state index contributed by atoms with van der Waals surface area (Å²) in [6, 6.07) is 21.9. The molecule has 0 radical (unpaired) electrons. The van der Waals surface area contributed by atoms with Crippen LogP contribution >= 0.6 is 23.4 Å². The van der Waals surface area contributed by atoms with E-state index in [1.165, 1.54) is 17.8 Å². The van der Waals surface area contributed by atoms with Gasteiger partial charge in [0.25, 0.3) is 0 Å². The van der Waals surface area contributed by atoms with Crippen LogP contribution in [0.4, 0.5) is 0 Å². The molecular weight excluding hydrogens is 372 g/mol. The molecule has 0 aliphatic rings. The molecule has 3 aromatic rings. The largest absolute Gasteiger partial charge is 0.218 e. The number of thioether (sulfide) groups is 1. The summed E-state index contributed by atoms with van der Waals surface area (Å²) < 4.78 is 26.1. The minimum Gasteiger partial charge on any atom is -0.218 e. The topological polar surface area (TPSA) is 34.1 Å². The lowest BCUT2D eigenvalue weighted by Gasteiger charge is -2.11. The Kier molecular flexibility index (Phi) is 5.52. The zero-order valence-electron chi connectivity index (χ0n) is 13.6. The Morgan fingerprint density at radius 1 is 0.920 bits per heavy atom. The number of hydrogen-bond donors (Lipinski definition) is 0. The molecule has 0 aliphatic heterocycles. The maximum Gasteiger partial charge on any atom is 0.207 e. The number of benzene rings is 3. The fourth-order valence-corrected chi connectivity index (χ4v) is 5.38. The van der Waals surface area contributed by atoms with E-state index in [9.17, 15) is 8.42 Å². The highest BCUT2D eigenvalue weighted by molar-refractivity contribution is 7.99. The molecule has 25 heavy (non-hydrogen) atoms. The number of aryl methyl sites for hydroxylation is 1. The molecule has 0 heterocycles. The van der Waals surface area contributed by atoms with Gasteiger partial charge in [0.05, 0.1) is 9.79 Å². The molecule has 2 nitrogen and oxygen atoms in total. The Morgan fingerprint density at radius 2 is 1.60 bits per heavy atom. The fraction of sp³-hybridized carbons (Fsp3) is 0.100. The monoisotopic (exact) mass is 388 g/mol. The fourth-order valence-electron chi connectivity index (χ4n) is 2.39. The lowest BCUT2D eigenvalue weighted by molar-refractivity contribution is 0.594. The van der Waals surface area contributed by atoms with Gasteiger partial charge in [-0.1, -0.05) is 59.6 Å². The minimum atomic E-state index is -3.62. The van der Waals surface area contributed by atoms with Crippen molar-refractivity contribution in [3.05, 3.63) is 88.9 Å². The van der Waals surface area contributed by atoms with Crippen LogP contribution in [0.5, 0.6) is 0 Å². The smallest absolute Gasteiger partial charge is 0.207 e. The number of halogens is 1. The predicted molar refractivity (Wildman–Crippen MR) is 104 cm³/mol. The van der Waals surface area contributed by atoms with Crippen molar-refractivity contribution in [2.45, 2.75) is 27.4 Å². The van der Waals surface area contributed by atoms with Gasteiger partial charge in [-0.2, -0.15) is 0 Å². The summed E-state index contributed by atoms with van der Waals surface area (Å²) in [5.74, 6) is 0.693. The lowest BCUT2D eigenvalue weighted by atomic mass is 10.2. The van der Waals surface area contributed by atoms with Gasteiger partial charge < -0.3 is 0 Å². The molecule has 3 rings (SSSR count). The molecule has 0 saturated heterocycles. The van der Waals surface area contributed by atoms with Crippen molar-refractivity contribution in [3.63, 3.8) is 0 Å². The third-order valence-corrected chi connectivity index (χ3v) is 7.08. The van der Waals surface area contributed by atoms with E-state index in [0.29, 0.717) is 15.7 Å². The average Bonchev–Trinajstić information content (AvgIpc) is 2.62. The summed E-state index contributed by atoms with van der Waals surface area (Å²) in [6.45, 7) is 1.93. The van der Waals surface area contributed by atoms with Crippen LogP contribution in [-0.4, -0.2) is 8.42 Å². The van der Waals surface area contributed by atoms with E-state index in [1.54, 1.807) is 36.4 Å². The van der Waals surface area contributed by atoms with Gasteiger partial charge in [-0.25, -0.2) is 8.42 Å². The molecule has 3 aromatic carbocycles. The average molecular weight is 389 g/mol. The Hall–Kier alpha value is -1.75. The van der Waals surface area contributed by atoms with Gasteiger partial charge in [-0.3, -0.25) is 0 Å². The molecule has 0 aromatic heterocycles. The molecule has 0 fully saturated rings. The zero-order valence-corrected chi connectivity index (χ0v) is 16.0. The summed E-state index contributed by atoms with van der Waals surface area (Å²) >= 11 is 7.57. The van der Waals surface area contributed by atoms with Crippen LogP contribution in [-0.2, 0) is 15.6 Å². The van der Waals surface area contributed by atoms with Crippen molar-refractivity contribution in [1.29, 1.82) is 0 Å². The highest BCUT2D eigenvalue weighted by atomic mass is 35.5. The van der Waals surface area contributed by atoms with Gasteiger partial charge in [0.15, 0.2) is 0 Å². The summed E-state index contributed by atoms with van der Waals surface area (Å²) in [5, 5.41) is 0.412. The SMILES string of the molecule is Cc1ccc(S(=O)(=O)c2cc(Cl)ccc2SCc2ccccc2)cc1. The quantitative estimate of drug-likeness (QED) is 0.520. The maximum atomic E-state index is 13.1. The Labute approximate surface area is 157 Å². The maximum absolute atomic E-state index is 13.1. The van der Waals surface area contributed by atoms with Gasteiger partial charge in [-0.05, 0) is 42.8 Å². The van der Waals surface area contributed by atoms with Crippen molar-refractivity contribution < 1.29 is 8.42 Å². The first-order valence-electron chi connectivity index (χ1n) is 7.75. The normalized spacial score (nSPS) is 11.4. The van der Waals surface area contributed by atoms with Gasteiger partial charge in [0.1, 0.15) is 0 Å². The van der Waals surface area contributed by atoms with Gasteiger partial charge in [0, 0.05) is 15.7 Å². The summed E-state index contributed by atoms with van der Waals surface area (Å²) in [4.78, 5) is 1.24. The van der Waals surface area contributed by atoms with Gasteiger partial charge >= 0.3 is 0 Å². The van der Waals surface area contributed by atoms with Gasteiger partial charge in [0.2, 0.25) is 9.84 Å². The van der Waals surface area contributed by atoms with Crippen LogP contribution in [0.2, 0.25) is 5.02 Å². The van der Waals surface area contributed by atoms with Gasteiger partial charge in [-0.15, -0.1) is 11.8 Å². The van der Waals surface area contributed by atoms with E-state index in [1.807, 2.05) is 37.3 Å². The number of hydrogen-bond acceptors (Lipinski definition) is 3. The zero-order chi connectivity index (χ0) is 17.9. The van der Waals surface area contributed by atoms with Crippen LogP contribution in [0.1, 0.15) is 11.1 Å². The molecule has 0 unspecified atom stereocenters. The van der Waals surface area contributed by atoms with E-state index in [4.69, 9.17) is 11.6 Å². The molecule has 0 aliphatic carbocycles. The van der Waals surface area contributed by atoms with E-state index in [-0.39, 0.29) is 9.79 Å². The molecule has 0 spiro atoms. The standard InChI is InChI=1S/C20H17ClO2S2/c1-15-7-10-18(11-8-15)25(22,23)20-13-17(21)9-12-19(20)24-14-16-5-3-2-4-6-16/h2-13H,14H2,1H3. The molecular formula is C20H17ClO2S2. The Balaban J connectivity index is 1.97. The molecule has 128 valence electrons. The first kappa shape index (κ1) is 18.1. The van der Waals surface area contributed by atoms with Crippen molar-refractivity contribution in [2.75, 3.05) is 0 Å². The molecule has 5 heteroatoms. The van der Waals surface area contributed by atoms with Crippen molar-refractivity contribution in [2.24, 2.45) is 0 Å². The highest BCUT2D eigenvalue weighted by Gasteiger charge is 2.22. The first-order valence-corrected chi connectivity index (χ1v) is 10.6. The second-order valence-corrected chi connectivity index (χ2v) is 9.05. The second-order valence-electron chi connectivity index (χ2n) is 5.68. The van der Waals surface area contributed by atoms with Crippen molar-refractivity contribution in [1.82, 2.24) is 0 Å². The molecule has 0 N–H and O–H groups in total. The van der Waals surface area contributed by atoms with E-state index in [0.717, 1.165) is 11.1 Å². The first-order chi connectivity index (χ1) is 12.0. The Bertz CT molecular complexity index is 966. The predicted octanol–water partition coefficient (Wildman–Crippen LogP) is 5.77. The van der Waals surface area contributed by atoms with E-state index in [2.05, 4.69) is 0 Å². The van der Waals surface area contributed by atoms with Crippen LogP contribution in [0.25, 0.3) is 0 Å². The van der Waals surface area contributed by atoms with Crippen LogP contribution in [0, 0.1) is 6.92 Å². The summed E-state index contributed by atoms with van der Waals surface area (Å²) in [7, 11) is -3.62. The number of sulfone groups is 1. The highest BCUT2D eigenvalue weighted by Crippen LogP contribution is 2.34. The summed E-state index contributed by atoms with van der Waals surface area (Å²) in [5.41, 5.74) is 2.16. The summed E-state index contributed by atoms with van der Waals surface area (Å²) in [6.07, 6.45) is 0. The molecule has 0 saturated carbocycles. The molecule has 0 bridgehead atoms. The minimum absolute atomic E-state index is 0.254. The second kappa shape index (κ2) is 7.65. The van der Waals surface area contributed by atoms with Crippen LogP contribution < -0.4 is 0 Å². The van der Waals surface area contributed by atoms with Crippen LogP contribution in [0.15, 0.2) is 87.5 Å². The van der Waals surface area contributed by atoms with E-state index < -0.39 is 9.84 Å². The van der Waals surface area contributed by atoms with Crippen LogP contribution in [0.3, 0.4) is 0 Å².